The molecule has 0 bridgehead atoms. The van der Waals surface area contributed by atoms with Crippen LogP contribution in [0.25, 0.3) is 10.9 Å². The maximum absolute atomic E-state index is 12.3. The number of nitrogens with one attached hydrogen (secondary N) is 2. The van der Waals surface area contributed by atoms with Crippen LogP contribution in [0.4, 0.5) is 0 Å². The van der Waals surface area contributed by atoms with Crippen LogP contribution in [0.2, 0.25) is 0 Å². The highest BCUT2D eigenvalue weighted by molar-refractivity contribution is 6.06. The van der Waals surface area contributed by atoms with Crippen molar-refractivity contribution in [1.82, 2.24) is 10.3 Å². The van der Waals surface area contributed by atoms with Gasteiger partial charge in [0.25, 0.3) is 5.91 Å². The van der Waals surface area contributed by atoms with Gasteiger partial charge in [0.1, 0.15) is 0 Å². The van der Waals surface area contributed by atoms with E-state index in [0.29, 0.717) is 0 Å². The maximum Gasteiger partial charge on any atom is 0.252 e. The molecule has 1 aromatic heterocycles. The largest absolute Gasteiger partial charge is 0.361 e. The zero-order chi connectivity index (χ0) is 13.2. The molecule has 1 aromatic carbocycles. The van der Waals surface area contributed by atoms with Crippen molar-refractivity contribution in [2.45, 2.75) is 39.2 Å². The second kappa shape index (κ2) is 4.84. The van der Waals surface area contributed by atoms with Crippen LogP contribution in [-0.2, 0) is 0 Å². The summed E-state index contributed by atoms with van der Waals surface area (Å²) in [4.78, 5) is 15.4. The van der Waals surface area contributed by atoms with Gasteiger partial charge in [-0.15, -0.1) is 0 Å². The summed E-state index contributed by atoms with van der Waals surface area (Å²) < 4.78 is 0. The van der Waals surface area contributed by atoms with Gasteiger partial charge in [0, 0.05) is 28.2 Å². The molecule has 0 spiro atoms. The Hall–Kier alpha value is -1.77. The first-order chi connectivity index (χ1) is 8.53. The van der Waals surface area contributed by atoms with Crippen molar-refractivity contribution in [2.75, 3.05) is 0 Å². The lowest BCUT2D eigenvalue weighted by Crippen LogP contribution is -2.43. The first kappa shape index (κ1) is 12.7. The fourth-order valence-corrected chi connectivity index (χ4v) is 2.35. The average Bonchev–Trinajstić information content (AvgIpc) is 2.75. The monoisotopic (exact) mass is 244 g/mol. The first-order valence-electron chi connectivity index (χ1n) is 6.42. The van der Waals surface area contributed by atoms with Crippen molar-refractivity contribution in [2.24, 2.45) is 0 Å². The Morgan fingerprint density at radius 1 is 1.33 bits per heavy atom. The molecule has 0 saturated heterocycles. The molecule has 2 rings (SSSR count). The molecule has 0 atom stereocenters. The Bertz CT molecular complexity index is 554. The van der Waals surface area contributed by atoms with Crippen molar-refractivity contribution < 1.29 is 4.79 Å². The number of aromatic amines is 1. The number of rotatable bonds is 4. The van der Waals surface area contributed by atoms with Gasteiger partial charge in [-0.1, -0.05) is 19.4 Å². The number of fused-ring (bicyclic) bond motifs is 1. The van der Waals surface area contributed by atoms with E-state index in [4.69, 9.17) is 0 Å². The molecule has 2 N–H and O–H groups in total. The molecular formula is C15H20N2O. The van der Waals surface area contributed by atoms with Gasteiger partial charge in [-0.2, -0.15) is 0 Å². The Morgan fingerprint density at radius 3 is 2.83 bits per heavy atom. The predicted octanol–water partition coefficient (Wildman–Crippen LogP) is 3.48. The van der Waals surface area contributed by atoms with Gasteiger partial charge >= 0.3 is 0 Å². The van der Waals surface area contributed by atoms with Crippen LogP contribution in [0.1, 0.15) is 44.0 Å². The smallest absolute Gasteiger partial charge is 0.252 e. The summed E-state index contributed by atoms with van der Waals surface area (Å²) in [6, 6.07) is 7.69. The average molecular weight is 244 g/mol. The van der Waals surface area contributed by atoms with Crippen LogP contribution >= 0.6 is 0 Å². The molecule has 18 heavy (non-hydrogen) atoms. The van der Waals surface area contributed by atoms with Gasteiger partial charge in [0.2, 0.25) is 0 Å². The minimum atomic E-state index is -0.162. The lowest BCUT2D eigenvalue weighted by molar-refractivity contribution is 0.0911. The van der Waals surface area contributed by atoms with Gasteiger partial charge < -0.3 is 10.3 Å². The standard InChI is InChI=1S/C15H20N2O/c1-4-9-15(2,3)17-14(18)12-6-5-7-13-11(12)8-10-16-13/h5-8,10,16H,4,9H2,1-3H3,(H,17,18). The molecule has 96 valence electrons. The number of hydrogen-bond acceptors (Lipinski definition) is 1. The van der Waals surface area contributed by atoms with Crippen LogP contribution in [0, 0.1) is 0 Å². The molecule has 0 unspecified atom stereocenters. The Morgan fingerprint density at radius 2 is 2.11 bits per heavy atom. The molecule has 0 fully saturated rings. The topological polar surface area (TPSA) is 44.9 Å². The van der Waals surface area contributed by atoms with E-state index in [2.05, 4.69) is 31.1 Å². The fraction of sp³-hybridized carbons (Fsp3) is 0.400. The predicted molar refractivity (Wildman–Crippen MR) is 74.8 cm³/mol. The van der Waals surface area contributed by atoms with Gasteiger partial charge in [-0.3, -0.25) is 4.79 Å². The lowest BCUT2D eigenvalue weighted by atomic mass is 9.98. The number of aromatic nitrogens is 1. The highest BCUT2D eigenvalue weighted by atomic mass is 16.1. The van der Waals surface area contributed by atoms with E-state index in [1.54, 1.807) is 0 Å². The van der Waals surface area contributed by atoms with Crippen molar-refractivity contribution in [1.29, 1.82) is 0 Å². The minimum Gasteiger partial charge on any atom is -0.361 e. The summed E-state index contributed by atoms with van der Waals surface area (Å²) in [5.74, 6) is -0.00125. The third-order valence-electron chi connectivity index (χ3n) is 3.17. The van der Waals surface area contributed by atoms with Crippen LogP contribution in [-0.4, -0.2) is 16.4 Å². The second-order valence-electron chi connectivity index (χ2n) is 5.33. The molecule has 0 saturated carbocycles. The van der Waals surface area contributed by atoms with Crippen LogP contribution in [0.15, 0.2) is 30.5 Å². The summed E-state index contributed by atoms with van der Waals surface area (Å²) in [6.45, 7) is 6.25. The molecule has 2 aromatic rings. The molecule has 1 heterocycles. The second-order valence-corrected chi connectivity index (χ2v) is 5.33. The maximum atomic E-state index is 12.3. The highest BCUT2D eigenvalue weighted by Gasteiger charge is 2.21. The van der Waals surface area contributed by atoms with Crippen LogP contribution < -0.4 is 5.32 Å². The van der Waals surface area contributed by atoms with E-state index in [0.717, 1.165) is 29.3 Å². The van der Waals surface area contributed by atoms with E-state index in [1.165, 1.54) is 0 Å². The van der Waals surface area contributed by atoms with Crippen molar-refractivity contribution >= 4 is 16.8 Å². The first-order valence-corrected chi connectivity index (χ1v) is 6.42. The summed E-state index contributed by atoms with van der Waals surface area (Å²) >= 11 is 0. The molecule has 1 amide bonds. The van der Waals surface area contributed by atoms with Crippen LogP contribution in [0.3, 0.4) is 0 Å². The molecule has 0 radical (unpaired) electrons. The van der Waals surface area contributed by atoms with Gasteiger partial charge in [-0.05, 0) is 38.5 Å². The van der Waals surface area contributed by atoms with E-state index in [9.17, 15) is 4.79 Å². The molecule has 0 aliphatic heterocycles. The number of hydrogen-bond donors (Lipinski definition) is 2. The molecule has 0 aliphatic rings. The molecule has 3 nitrogen and oxygen atoms in total. The van der Waals surface area contributed by atoms with Gasteiger partial charge in [-0.25, -0.2) is 0 Å². The SMILES string of the molecule is CCCC(C)(C)NC(=O)c1cccc2[nH]ccc12. The normalized spacial score (nSPS) is 11.7. The van der Waals surface area contributed by atoms with Crippen LogP contribution in [0.5, 0.6) is 0 Å². The number of carbonyl (C=O) groups is 1. The summed E-state index contributed by atoms with van der Waals surface area (Å²) in [5.41, 5.74) is 1.57. The summed E-state index contributed by atoms with van der Waals surface area (Å²) in [7, 11) is 0. The Kier molecular flexibility index (Phi) is 3.41. The lowest BCUT2D eigenvalue weighted by Gasteiger charge is -2.25. The van der Waals surface area contributed by atoms with E-state index in [1.807, 2.05) is 30.5 Å². The minimum absolute atomic E-state index is 0.00125. The summed E-state index contributed by atoms with van der Waals surface area (Å²) in [5, 5.41) is 4.08. The van der Waals surface area contributed by atoms with Crippen molar-refractivity contribution in [3.8, 4) is 0 Å². The van der Waals surface area contributed by atoms with Gasteiger partial charge in [0.05, 0.1) is 0 Å². The van der Waals surface area contributed by atoms with Crippen molar-refractivity contribution in [3.63, 3.8) is 0 Å². The number of benzene rings is 1. The number of carbonyl (C=O) groups excluding carboxylic acids is 1. The molecule has 3 heteroatoms. The van der Waals surface area contributed by atoms with E-state index in [-0.39, 0.29) is 11.4 Å². The van der Waals surface area contributed by atoms with Gasteiger partial charge in [0.15, 0.2) is 0 Å². The zero-order valence-electron chi connectivity index (χ0n) is 11.2. The molecule has 0 aliphatic carbocycles. The summed E-state index contributed by atoms with van der Waals surface area (Å²) in [6.07, 6.45) is 3.89. The number of H-pyrrole nitrogens is 1. The zero-order valence-corrected chi connectivity index (χ0v) is 11.2. The molecular weight excluding hydrogens is 224 g/mol. The number of amides is 1. The van der Waals surface area contributed by atoms with E-state index >= 15 is 0 Å². The third kappa shape index (κ3) is 2.55. The Balaban J connectivity index is 2.26. The highest BCUT2D eigenvalue weighted by Crippen LogP contribution is 2.19. The van der Waals surface area contributed by atoms with Crippen molar-refractivity contribution in [3.05, 3.63) is 36.0 Å². The fourth-order valence-electron chi connectivity index (χ4n) is 2.35. The Labute approximate surface area is 108 Å². The quantitative estimate of drug-likeness (QED) is 0.849. The van der Waals surface area contributed by atoms with E-state index < -0.39 is 0 Å². The third-order valence-corrected chi connectivity index (χ3v) is 3.17.